The highest BCUT2D eigenvalue weighted by molar-refractivity contribution is 5.74. The van der Waals surface area contributed by atoms with Crippen LogP contribution in [0.15, 0.2) is 24.5 Å². The van der Waals surface area contributed by atoms with Gasteiger partial charge in [0.1, 0.15) is 0 Å². The van der Waals surface area contributed by atoms with E-state index in [-0.39, 0.29) is 6.03 Å². The number of carbonyl (C=O) groups excluding carboxylic acids is 1. The van der Waals surface area contributed by atoms with Gasteiger partial charge in [-0.2, -0.15) is 0 Å². The maximum Gasteiger partial charge on any atom is 0.317 e. The highest BCUT2D eigenvalue weighted by atomic mass is 16.2. The third-order valence-electron chi connectivity index (χ3n) is 6.30. The molecule has 3 aliphatic rings. The Morgan fingerprint density at radius 2 is 1.83 bits per heavy atom. The topological polar surface area (TPSA) is 48.5 Å². The minimum absolute atomic E-state index is 0.127. The molecule has 1 N–H and O–H groups in total. The normalized spacial score (nSPS) is 25.6. The van der Waals surface area contributed by atoms with E-state index >= 15 is 0 Å². The van der Waals surface area contributed by atoms with Crippen LogP contribution in [0.2, 0.25) is 0 Å². The van der Waals surface area contributed by atoms with Crippen molar-refractivity contribution in [1.29, 1.82) is 0 Å². The molecule has 5 nitrogen and oxygen atoms in total. The Morgan fingerprint density at radius 3 is 2.54 bits per heavy atom. The van der Waals surface area contributed by atoms with Gasteiger partial charge in [0.25, 0.3) is 0 Å². The largest absolute Gasteiger partial charge is 0.368 e. The maximum atomic E-state index is 12.4. The van der Waals surface area contributed by atoms with E-state index in [0.29, 0.717) is 5.41 Å². The number of piperazine rings is 1. The van der Waals surface area contributed by atoms with Crippen LogP contribution in [0.25, 0.3) is 0 Å². The summed E-state index contributed by atoms with van der Waals surface area (Å²) in [5.41, 5.74) is 1.80. The Kier molecular flexibility index (Phi) is 4.33. The molecule has 1 saturated heterocycles. The Balaban J connectivity index is 1.21. The highest BCUT2D eigenvalue weighted by Crippen LogP contribution is 2.60. The number of carbonyl (C=O) groups is 1. The van der Waals surface area contributed by atoms with Crippen molar-refractivity contribution < 1.29 is 4.79 Å². The van der Waals surface area contributed by atoms with E-state index in [9.17, 15) is 4.79 Å². The summed E-state index contributed by atoms with van der Waals surface area (Å²) in [5, 5.41) is 3.20. The van der Waals surface area contributed by atoms with E-state index < -0.39 is 0 Å². The summed E-state index contributed by atoms with van der Waals surface area (Å²) in [6, 6.07) is 4.20. The molecule has 2 aliphatic carbocycles. The third kappa shape index (κ3) is 3.21. The van der Waals surface area contributed by atoms with E-state index in [2.05, 4.69) is 15.2 Å². The average molecular weight is 328 g/mol. The lowest BCUT2D eigenvalue weighted by Crippen LogP contribution is -2.52. The summed E-state index contributed by atoms with van der Waals surface area (Å²) in [6.45, 7) is 4.26. The number of hydrogen-bond donors (Lipinski definition) is 1. The average Bonchev–Trinajstić information content (AvgIpc) is 3.32. The van der Waals surface area contributed by atoms with Crippen LogP contribution in [0.4, 0.5) is 10.5 Å². The molecule has 24 heavy (non-hydrogen) atoms. The second-order valence-electron chi connectivity index (χ2n) is 7.69. The number of nitrogens with zero attached hydrogens (tertiary/aromatic N) is 3. The van der Waals surface area contributed by atoms with Crippen molar-refractivity contribution in [2.24, 2.45) is 11.3 Å². The second kappa shape index (κ2) is 6.61. The van der Waals surface area contributed by atoms with Crippen molar-refractivity contribution in [3.05, 3.63) is 24.5 Å². The molecule has 2 saturated carbocycles. The molecule has 4 rings (SSSR count). The summed E-state index contributed by atoms with van der Waals surface area (Å²) in [6.07, 6.45) is 11.9. The van der Waals surface area contributed by atoms with Gasteiger partial charge in [-0.3, -0.25) is 4.98 Å². The molecule has 5 heteroatoms. The number of hydrogen-bond acceptors (Lipinski definition) is 3. The van der Waals surface area contributed by atoms with E-state index in [1.807, 2.05) is 29.4 Å². The predicted molar refractivity (Wildman–Crippen MR) is 95.0 cm³/mol. The van der Waals surface area contributed by atoms with E-state index in [1.54, 1.807) is 0 Å². The number of nitrogens with one attached hydrogen (secondary N) is 1. The van der Waals surface area contributed by atoms with Gasteiger partial charge in [-0.15, -0.1) is 0 Å². The molecule has 1 atom stereocenters. The summed E-state index contributed by atoms with van der Waals surface area (Å²) >= 11 is 0. The molecule has 1 spiro atoms. The van der Waals surface area contributed by atoms with Gasteiger partial charge in [-0.1, -0.05) is 19.3 Å². The molecular weight excluding hydrogens is 300 g/mol. The number of amides is 2. The zero-order valence-corrected chi connectivity index (χ0v) is 14.4. The number of rotatable bonds is 3. The van der Waals surface area contributed by atoms with Gasteiger partial charge in [0.05, 0.1) is 0 Å². The molecule has 0 bridgehead atoms. The van der Waals surface area contributed by atoms with Gasteiger partial charge in [0.2, 0.25) is 0 Å². The minimum Gasteiger partial charge on any atom is -0.368 e. The van der Waals surface area contributed by atoms with Crippen LogP contribution in [0.1, 0.15) is 38.5 Å². The first-order valence-corrected chi connectivity index (χ1v) is 9.45. The molecule has 3 fully saturated rings. The first-order valence-electron chi connectivity index (χ1n) is 9.45. The molecule has 2 heterocycles. The van der Waals surface area contributed by atoms with Crippen LogP contribution in [-0.4, -0.2) is 48.6 Å². The number of anilines is 1. The highest BCUT2D eigenvalue weighted by Gasteiger charge is 2.53. The first kappa shape index (κ1) is 15.7. The van der Waals surface area contributed by atoms with Crippen LogP contribution >= 0.6 is 0 Å². The standard InChI is InChI=1S/C19H28N4O/c24-18(21-15-16-14-19(16)6-2-1-3-7-19)23-12-10-22(11-13-23)17-4-8-20-9-5-17/h4-5,8-9,16H,1-3,6-7,10-15H2,(H,21,24)/t16-/m0/s1. The number of urea groups is 1. The zero-order valence-electron chi connectivity index (χ0n) is 14.4. The first-order chi connectivity index (χ1) is 11.8. The van der Waals surface area contributed by atoms with Gasteiger partial charge in [0, 0.05) is 50.8 Å². The molecule has 1 aromatic rings. The number of aromatic nitrogens is 1. The van der Waals surface area contributed by atoms with Gasteiger partial charge in [-0.25, -0.2) is 4.79 Å². The molecule has 1 aliphatic heterocycles. The fourth-order valence-corrected chi connectivity index (χ4v) is 4.63. The minimum atomic E-state index is 0.127. The molecule has 0 radical (unpaired) electrons. The monoisotopic (exact) mass is 328 g/mol. The van der Waals surface area contributed by atoms with Crippen LogP contribution in [0, 0.1) is 11.3 Å². The fourth-order valence-electron chi connectivity index (χ4n) is 4.63. The van der Waals surface area contributed by atoms with Gasteiger partial charge in [-0.05, 0) is 42.7 Å². The second-order valence-corrected chi connectivity index (χ2v) is 7.69. The fraction of sp³-hybridized carbons (Fsp3) is 0.684. The summed E-state index contributed by atoms with van der Waals surface area (Å²) in [7, 11) is 0. The van der Waals surface area contributed by atoms with E-state index in [0.717, 1.165) is 38.6 Å². The Hall–Kier alpha value is -1.78. The number of pyridine rings is 1. The Bertz CT molecular complexity index is 562. The third-order valence-corrected chi connectivity index (χ3v) is 6.30. The van der Waals surface area contributed by atoms with Crippen molar-refractivity contribution in [1.82, 2.24) is 15.2 Å². The lowest BCUT2D eigenvalue weighted by Gasteiger charge is -2.36. The van der Waals surface area contributed by atoms with Gasteiger partial charge >= 0.3 is 6.03 Å². The lowest BCUT2D eigenvalue weighted by molar-refractivity contribution is 0.192. The molecule has 2 amide bonds. The van der Waals surface area contributed by atoms with Gasteiger partial charge < -0.3 is 15.1 Å². The van der Waals surface area contributed by atoms with E-state index in [1.165, 1.54) is 44.2 Å². The molecular formula is C19H28N4O. The van der Waals surface area contributed by atoms with Crippen molar-refractivity contribution in [3.8, 4) is 0 Å². The summed E-state index contributed by atoms with van der Waals surface area (Å²) < 4.78 is 0. The predicted octanol–water partition coefficient (Wildman–Crippen LogP) is 2.88. The summed E-state index contributed by atoms with van der Waals surface area (Å²) in [5.74, 6) is 0.736. The van der Waals surface area contributed by atoms with Crippen LogP contribution < -0.4 is 10.2 Å². The van der Waals surface area contributed by atoms with E-state index in [4.69, 9.17) is 0 Å². The van der Waals surface area contributed by atoms with Crippen LogP contribution in [-0.2, 0) is 0 Å². The summed E-state index contributed by atoms with van der Waals surface area (Å²) in [4.78, 5) is 20.8. The molecule has 130 valence electrons. The van der Waals surface area contributed by atoms with Crippen LogP contribution in [0.3, 0.4) is 0 Å². The van der Waals surface area contributed by atoms with Crippen molar-refractivity contribution in [2.45, 2.75) is 38.5 Å². The smallest absolute Gasteiger partial charge is 0.317 e. The van der Waals surface area contributed by atoms with Crippen molar-refractivity contribution >= 4 is 11.7 Å². The van der Waals surface area contributed by atoms with Crippen molar-refractivity contribution in [3.63, 3.8) is 0 Å². The Labute approximate surface area is 144 Å². The Morgan fingerprint density at radius 1 is 1.12 bits per heavy atom. The zero-order chi connectivity index (χ0) is 16.4. The van der Waals surface area contributed by atoms with Gasteiger partial charge in [0.15, 0.2) is 0 Å². The lowest BCUT2D eigenvalue weighted by atomic mass is 9.84. The quantitative estimate of drug-likeness (QED) is 0.928. The molecule has 1 aromatic heterocycles. The van der Waals surface area contributed by atoms with Crippen molar-refractivity contribution in [2.75, 3.05) is 37.6 Å². The molecule has 0 unspecified atom stereocenters. The van der Waals surface area contributed by atoms with Crippen LogP contribution in [0.5, 0.6) is 0 Å². The maximum absolute atomic E-state index is 12.4. The molecule has 0 aromatic carbocycles. The SMILES string of the molecule is O=C(NC[C@@H]1CC12CCCCC2)N1CCN(c2ccncc2)CC1.